The molecule has 2 heterocycles. The maximum absolute atomic E-state index is 12.7. The highest BCUT2D eigenvalue weighted by Gasteiger charge is 2.32. The minimum Gasteiger partial charge on any atom is -0.390 e. The summed E-state index contributed by atoms with van der Waals surface area (Å²) in [6.07, 6.45) is -3.10. The van der Waals surface area contributed by atoms with E-state index in [1.165, 1.54) is 0 Å². The summed E-state index contributed by atoms with van der Waals surface area (Å²) in [5.74, 6) is -0.624. The first-order valence-electron chi connectivity index (χ1n) is 7.16. The zero-order valence-electron chi connectivity index (χ0n) is 12.7. The lowest BCUT2D eigenvalue weighted by molar-refractivity contribution is -0.138. The molecule has 0 aromatic carbocycles. The third kappa shape index (κ3) is 4.50. The summed E-state index contributed by atoms with van der Waals surface area (Å²) in [5.41, 5.74) is -1.09. The second-order valence-electron chi connectivity index (χ2n) is 5.25. The van der Waals surface area contributed by atoms with Crippen molar-refractivity contribution in [3.05, 3.63) is 33.2 Å². The number of aromatic nitrogens is 1. The molecule has 2 rings (SSSR count). The highest BCUT2D eigenvalue weighted by atomic mass is 35.5. The Kier molecular flexibility index (Phi) is 5.53. The number of hydrogen-bond donors (Lipinski definition) is 1. The summed E-state index contributed by atoms with van der Waals surface area (Å²) < 4.78 is 38.8. The van der Waals surface area contributed by atoms with Gasteiger partial charge in [0.15, 0.2) is 0 Å². The van der Waals surface area contributed by atoms with Gasteiger partial charge in [-0.3, -0.25) is 9.59 Å². The molecule has 0 saturated carbocycles. The topological polar surface area (TPSA) is 72.7 Å². The van der Waals surface area contributed by atoms with E-state index in [0.717, 1.165) is 12.1 Å². The molecule has 0 unspecified atom stereocenters. The van der Waals surface area contributed by atoms with Gasteiger partial charge in [-0.1, -0.05) is 23.7 Å². The largest absolute Gasteiger partial charge is 0.417 e. The number of hydrogen-bond acceptors (Lipinski definition) is 4. The zero-order valence-corrected chi connectivity index (χ0v) is 13.4. The molecule has 0 saturated heterocycles. The molecule has 1 atom stereocenters. The molecule has 0 spiro atoms. The second kappa shape index (κ2) is 7.25. The number of carbonyl (C=O) groups excluding carboxylic acids is 1. The van der Waals surface area contributed by atoms with Gasteiger partial charge in [-0.2, -0.15) is 13.2 Å². The van der Waals surface area contributed by atoms with E-state index in [1.807, 2.05) is 6.92 Å². The highest BCUT2D eigenvalue weighted by molar-refractivity contribution is 6.30. The molecule has 0 fully saturated rings. The van der Waals surface area contributed by atoms with E-state index in [2.05, 4.69) is 10.5 Å². The SMILES string of the molecule is CCC1=NO[C@@H](CNC(=O)Cn2cc(C(F)(F)F)cc(Cl)c2=O)C1. The van der Waals surface area contributed by atoms with E-state index in [9.17, 15) is 22.8 Å². The molecular weight excluding hydrogens is 351 g/mol. The van der Waals surface area contributed by atoms with Crippen LogP contribution in [0.15, 0.2) is 22.2 Å². The van der Waals surface area contributed by atoms with Crippen LogP contribution in [-0.4, -0.2) is 28.8 Å². The van der Waals surface area contributed by atoms with Crippen molar-refractivity contribution < 1.29 is 22.8 Å². The van der Waals surface area contributed by atoms with Crippen molar-refractivity contribution in [3.8, 4) is 0 Å². The first kappa shape index (κ1) is 18.3. The Morgan fingerprint density at radius 2 is 2.25 bits per heavy atom. The van der Waals surface area contributed by atoms with Crippen LogP contribution in [0.1, 0.15) is 25.3 Å². The third-order valence-electron chi connectivity index (χ3n) is 3.41. The number of carbonyl (C=O) groups is 1. The van der Waals surface area contributed by atoms with Gasteiger partial charge in [0.05, 0.1) is 17.8 Å². The number of nitrogens with one attached hydrogen (secondary N) is 1. The monoisotopic (exact) mass is 365 g/mol. The average molecular weight is 366 g/mol. The Morgan fingerprint density at radius 3 is 2.83 bits per heavy atom. The van der Waals surface area contributed by atoms with Crippen molar-refractivity contribution in [1.82, 2.24) is 9.88 Å². The quantitative estimate of drug-likeness (QED) is 0.869. The Hall–Kier alpha value is -2.03. The zero-order chi connectivity index (χ0) is 17.9. The first-order valence-corrected chi connectivity index (χ1v) is 7.54. The van der Waals surface area contributed by atoms with Gasteiger partial charge in [0.1, 0.15) is 17.7 Å². The highest BCUT2D eigenvalue weighted by Crippen LogP contribution is 2.29. The molecule has 10 heteroatoms. The van der Waals surface area contributed by atoms with Crippen LogP contribution < -0.4 is 10.9 Å². The van der Waals surface area contributed by atoms with E-state index >= 15 is 0 Å². The predicted octanol–water partition coefficient (Wildman–Crippen LogP) is 2.19. The Bertz CT molecular complexity index is 715. The molecule has 1 aliphatic rings. The van der Waals surface area contributed by atoms with Crippen LogP contribution in [0.2, 0.25) is 5.02 Å². The van der Waals surface area contributed by atoms with Crippen LogP contribution in [0.5, 0.6) is 0 Å². The van der Waals surface area contributed by atoms with Gasteiger partial charge in [0.25, 0.3) is 5.56 Å². The fraction of sp³-hybridized carbons (Fsp3) is 0.500. The molecule has 0 radical (unpaired) electrons. The van der Waals surface area contributed by atoms with Crippen molar-refractivity contribution >= 4 is 23.2 Å². The van der Waals surface area contributed by atoms with Gasteiger partial charge in [0.2, 0.25) is 5.91 Å². The maximum Gasteiger partial charge on any atom is 0.417 e. The van der Waals surface area contributed by atoms with Crippen molar-refractivity contribution in [1.29, 1.82) is 0 Å². The minimum absolute atomic E-state index is 0.146. The first-order chi connectivity index (χ1) is 11.2. The van der Waals surface area contributed by atoms with Gasteiger partial charge in [-0.05, 0) is 12.5 Å². The fourth-order valence-electron chi connectivity index (χ4n) is 2.11. The van der Waals surface area contributed by atoms with E-state index in [4.69, 9.17) is 16.4 Å². The lowest BCUT2D eigenvalue weighted by Gasteiger charge is -2.13. The number of pyridine rings is 1. The van der Waals surface area contributed by atoms with Crippen LogP contribution in [0.25, 0.3) is 0 Å². The Balaban J connectivity index is 1.99. The van der Waals surface area contributed by atoms with Gasteiger partial charge in [0, 0.05) is 12.6 Å². The summed E-state index contributed by atoms with van der Waals surface area (Å²) in [6, 6.07) is 0.536. The second-order valence-corrected chi connectivity index (χ2v) is 5.66. The molecule has 1 aromatic heterocycles. The van der Waals surface area contributed by atoms with Gasteiger partial charge in [-0.25, -0.2) is 0 Å². The fourth-order valence-corrected chi connectivity index (χ4v) is 2.34. The summed E-state index contributed by atoms with van der Waals surface area (Å²) in [4.78, 5) is 28.7. The van der Waals surface area contributed by atoms with Crippen LogP contribution in [0.3, 0.4) is 0 Å². The number of nitrogens with zero attached hydrogens (tertiary/aromatic N) is 2. The van der Waals surface area contributed by atoms with E-state index < -0.39 is 34.8 Å². The molecule has 1 aliphatic heterocycles. The lowest BCUT2D eigenvalue weighted by atomic mass is 10.1. The molecule has 1 N–H and O–H groups in total. The summed E-state index contributed by atoms with van der Waals surface area (Å²) in [5, 5.41) is 5.73. The molecule has 24 heavy (non-hydrogen) atoms. The van der Waals surface area contributed by atoms with E-state index in [-0.39, 0.29) is 12.6 Å². The lowest BCUT2D eigenvalue weighted by Crippen LogP contribution is -2.37. The number of alkyl halides is 3. The molecule has 0 aliphatic carbocycles. The number of halogens is 4. The van der Waals surface area contributed by atoms with E-state index in [0.29, 0.717) is 23.3 Å². The summed E-state index contributed by atoms with van der Waals surface area (Å²) in [6.45, 7) is 1.50. The molecular formula is C14H15ClF3N3O3. The van der Waals surface area contributed by atoms with Crippen LogP contribution in [0.4, 0.5) is 13.2 Å². The van der Waals surface area contributed by atoms with Crippen LogP contribution in [-0.2, 0) is 22.4 Å². The van der Waals surface area contributed by atoms with Gasteiger partial charge in [-0.15, -0.1) is 0 Å². The predicted molar refractivity (Wildman–Crippen MR) is 80.9 cm³/mol. The van der Waals surface area contributed by atoms with E-state index in [1.54, 1.807) is 0 Å². The Labute approximate surface area is 140 Å². The summed E-state index contributed by atoms with van der Waals surface area (Å²) in [7, 11) is 0. The molecule has 0 bridgehead atoms. The van der Waals surface area contributed by atoms with Gasteiger partial charge >= 0.3 is 6.18 Å². The maximum atomic E-state index is 12.7. The molecule has 132 valence electrons. The normalized spacial score (nSPS) is 17.4. The van der Waals surface area contributed by atoms with Crippen molar-refractivity contribution in [3.63, 3.8) is 0 Å². The Morgan fingerprint density at radius 1 is 1.54 bits per heavy atom. The van der Waals surface area contributed by atoms with Crippen LogP contribution >= 0.6 is 11.6 Å². The number of rotatable bonds is 5. The number of amides is 1. The van der Waals surface area contributed by atoms with Crippen molar-refractivity contribution in [2.24, 2.45) is 5.16 Å². The smallest absolute Gasteiger partial charge is 0.390 e. The van der Waals surface area contributed by atoms with Crippen molar-refractivity contribution in [2.75, 3.05) is 6.54 Å². The molecule has 6 nitrogen and oxygen atoms in total. The van der Waals surface area contributed by atoms with Crippen molar-refractivity contribution in [2.45, 2.75) is 38.6 Å². The number of oxime groups is 1. The van der Waals surface area contributed by atoms with Crippen LogP contribution in [0, 0.1) is 0 Å². The third-order valence-corrected chi connectivity index (χ3v) is 3.68. The van der Waals surface area contributed by atoms with Gasteiger partial charge < -0.3 is 14.7 Å². The minimum atomic E-state index is -4.67. The summed E-state index contributed by atoms with van der Waals surface area (Å²) >= 11 is 5.52. The molecule has 1 aromatic rings. The standard InChI is InChI=1S/C14H15ClF3N3O3/c1-2-9-4-10(24-20-9)5-19-12(22)7-21-6-8(14(16,17)18)3-11(15)13(21)23/h3,6,10H,2,4-5,7H2,1H3,(H,19,22)/t10-/m1/s1. The average Bonchev–Trinajstić information content (AvgIpc) is 2.96. The molecule has 1 amide bonds.